The first kappa shape index (κ1) is 18.7. The summed E-state index contributed by atoms with van der Waals surface area (Å²) in [5.41, 5.74) is 0.684. The normalized spacial score (nSPS) is 16.4. The molecular formula is C18H22ClN3O4. The molecule has 1 N–H and O–H groups in total. The first-order chi connectivity index (χ1) is 12.5. The number of ether oxygens (including phenoxy) is 1. The molecule has 0 amide bonds. The molecule has 26 heavy (non-hydrogen) atoms. The SMILES string of the molecule is CC(CN(C)c1noc(-c2ccc(Cl)cc2)c1C(=O)O)N1CCOCC1. The third-order valence-electron chi connectivity index (χ3n) is 4.56. The highest BCUT2D eigenvalue weighted by atomic mass is 35.5. The van der Waals surface area contributed by atoms with Gasteiger partial charge < -0.3 is 19.3 Å². The predicted molar refractivity (Wildman–Crippen MR) is 99.0 cm³/mol. The molecule has 1 aliphatic heterocycles. The lowest BCUT2D eigenvalue weighted by Crippen LogP contribution is -2.47. The Balaban J connectivity index is 1.82. The summed E-state index contributed by atoms with van der Waals surface area (Å²) in [7, 11) is 1.83. The van der Waals surface area contributed by atoms with Crippen molar-refractivity contribution in [2.24, 2.45) is 0 Å². The number of carboxylic acids is 1. The molecule has 0 radical (unpaired) electrons. The smallest absolute Gasteiger partial charge is 0.343 e. The Bertz CT molecular complexity index is 756. The van der Waals surface area contributed by atoms with E-state index < -0.39 is 5.97 Å². The van der Waals surface area contributed by atoms with Gasteiger partial charge in [0.1, 0.15) is 0 Å². The summed E-state index contributed by atoms with van der Waals surface area (Å²) in [4.78, 5) is 16.0. The number of hydrogen-bond acceptors (Lipinski definition) is 6. The minimum Gasteiger partial charge on any atom is -0.477 e. The van der Waals surface area contributed by atoms with Crippen molar-refractivity contribution in [2.75, 3.05) is 44.8 Å². The molecule has 0 spiro atoms. The van der Waals surface area contributed by atoms with Crippen LogP contribution in [0.2, 0.25) is 5.02 Å². The van der Waals surface area contributed by atoms with Gasteiger partial charge in [0.05, 0.1) is 13.2 Å². The van der Waals surface area contributed by atoms with Gasteiger partial charge in [-0.3, -0.25) is 4.90 Å². The largest absolute Gasteiger partial charge is 0.477 e. The summed E-state index contributed by atoms with van der Waals surface area (Å²) < 4.78 is 10.8. The van der Waals surface area contributed by atoms with Crippen molar-refractivity contribution >= 4 is 23.4 Å². The summed E-state index contributed by atoms with van der Waals surface area (Å²) in [6.45, 7) is 5.93. The van der Waals surface area contributed by atoms with Gasteiger partial charge in [-0.25, -0.2) is 4.79 Å². The topological polar surface area (TPSA) is 79.0 Å². The van der Waals surface area contributed by atoms with Gasteiger partial charge in [-0.1, -0.05) is 16.8 Å². The number of carboxylic acid groups (broad SMARTS) is 1. The van der Waals surface area contributed by atoms with Gasteiger partial charge in [-0.2, -0.15) is 0 Å². The average Bonchev–Trinajstić information content (AvgIpc) is 3.08. The van der Waals surface area contributed by atoms with Crippen molar-refractivity contribution in [3.8, 4) is 11.3 Å². The number of nitrogens with zero attached hydrogens (tertiary/aromatic N) is 3. The standard InChI is InChI=1S/C18H22ClN3O4/c1-12(22-7-9-25-10-8-22)11-21(2)17-15(18(23)24)16(26-20-17)13-3-5-14(19)6-4-13/h3-6,12H,7-11H2,1-2H3,(H,23,24). The van der Waals surface area contributed by atoms with Crippen molar-refractivity contribution in [1.82, 2.24) is 10.1 Å². The number of halogens is 1. The number of aromatic carboxylic acids is 1. The Morgan fingerprint density at radius 3 is 2.62 bits per heavy atom. The van der Waals surface area contributed by atoms with Crippen LogP contribution in [-0.2, 0) is 4.74 Å². The summed E-state index contributed by atoms with van der Waals surface area (Å²) in [6.07, 6.45) is 0. The van der Waals surface area contributed by atoms with E-state index in [1.807, 2.05) is 11.9 Å². The lowest BCUT2D eigenvalue weighted by Gasteiger charge is -2.34. The van der Waals surface area contributed by atoms with E-state index in [4.69, 9.17) is 20.9 Å². The van der Waals surface area contributed by atoms with E-state index in [1.54, 1.807) is 24.3 Å². The molecular weight excluding hydrogens is 358 g/mol. The van der Waals surface area contributed by atoms with Gasteiger partial charge in [0.2, 0.25) is 0 Å². The Morgan fingerprint density at radius 2 is 2.00 bits per heavy atom. The van der Waals surface area contributed by atoms with Crippen molar-refractivity contribution < 1.29 is 19.2 Å². The van der Waals surface area contributed by atoms with Crippen molar-refractivity contribution in [1.29, 1.82) is 0 Å². The number of morpholine rings is 1. The average molecular weight is 380 g/mol. The number of hydrogen-bond donors (Lipinski definition) is 1. The quantitative estimate of drug-likeness (QED) is 0.826. The van der Waals surface area contributed by atoms with Crippen molar-refractivity contribution in [3.05, 3.63) is 34.9 Å². The lowest BCUT2D eigenvalue weighted by atomic mass is 10.1. The van der Waals surface area contributed by atoms with Gasteiger partial charge in [-0.05, 0) is 31.2 Å². The van der Waals surface area contributed by atoms with E-state index in [0.29, 0.717) is 22.9 Å². The molecule has 1 aliphatic rings. The van der Waals surface area contributed by atoms with Gasteiger partial charge in [0.25, 0.3) is 0 Å². The molecule has 0 aliphatic carbocycles. The van der Waals surface area contributed by atoms with Gasteiger partial charge >= 0.3 is 5.97 Å². The molecule has 2 aromatic rings. The highest BCUT2D eigenvalue weighted by Gasteiger charge is 2.28. The minimum atomic E-state index is -1.07. The molecule has 2 heterocycles. The monoisotopic (exact) mass is 379 g/mol. The van der Waals surface area contributed by atoms with Crippen LogP contribution in [-0.4, -0.2) is 67.1 Å². The molecule has 1 unspecified atom stereocenters. The summed E-state index contributed by atoms with van der Waals surface area (Å²) in [5, 5.41) is 14.3. The van der Waals surface area contributed by atoms with Crippen LogP contribution in [0.3, 0.4) is 0 Å². The van der Waals surface area contributed by atoms with Crippen LogP contribution in [0, 0.1) is 0 Å². The Labute approximate surface area is 157 Å². The van der Waals surface area contributed by atoms with Crippen LogP contribution in [0.5, 0.6) is 0 Å². The summed E-state index contributed by atoms with van der Waals surface area (Å²) >= 11 is 5.90. The van der Waals surface area contributed by atoms with Gasteiger partial charge in [0, 0.05) is 43.3 Å². The molecule has 8 heteroatoms. The van der Waals surface area contributed by atoms with E-state index in [1.165, 1.54) is 0 Å². The third-order valence-corrected chi connectivity index (χ3v) is 4.81. The van der Waals surface area contributed by atoms with Crippen molar-refractivity contribution in [2.45, 2.75) is 13.0 Å². The van der Waals surface area contributed by atoms with E-state index in [-0.39, 0.29) is 17.4 Å². The number of likely N-dealkylation sites (N-methyl/N-ethyl adjacent to an activating group) is 1. The van der Waals surface area contributed by atoms with E-state index in [0.717, 1.165) is 26.3 Å². The first-order valence-electron chi connectivity index (χ1n) is 8.49. The minimum absolute atomic E-state index is 0.0593. The number of carbonyl (C=O) groups is 1. The molecule has 1 saturated heterocycles. The Morgan fingerprint density at radius 1 is 1.35 bits per heavy atom. The molecule has 3 rings (SSSR count). The number of rotatable bonds is 6. The Kier molecular flexibility index (Phi) is 5.80. The highest BCUT2D eigenvalue weighted by molar-refractivity contribution is 6.30. The maximum absolute atomic E-state index is 11.9. The fourth-order valence-corrected chi connectivity index (χ4v) is 3.28. The summed E-state index contributed by atoms with van der Waals surface area (Å²) in [6, 6.07) is 7.05. The van der Waals surface area contributed by atoms with E-state index in [2.05, 4.69) is 17.0 Å². The van der Waals surface area contributed by atoms with E-state index >= 15 is 0 Å². The van der Waals surface area contributed by atoms with Crippen LogP contribution < -0.4 is 4.90 Å². The zero-order chi connectivity index (χ0) is 18.7. The van der Waals surface area contributed by atoms with Crippen LogP contribution in [0.4, 0.5) is 5.82 Å². The van der Waals surface area contributed by atoms with Crippen LogP contribution in [0.25, 0.3) is 11.3 Å². The molecule has 0 bridgehead atoms. The molecule has 1 aromatic carbocycles. The van der Waals surface area contributed by atoms with Gasteiger partial charge in [0.15, 0.2) is 17.1 Å². The number of aromatic nitrogens is 1. The number of anilines is 1. The van der Waals surface area contributed by atoms with Crippen LogP contribution >= 0.6 is 11.6 Å². The second-order valence-corrected chi connectivity index (χ2v) is 6.84. The second kappa shape index (κ2) is 8.07. The highest BCUT2D eigenvalue weighted by Crippen LogP contribution is 2.32. The maximum atomic E-state index is 11.9. The molecule has 1 atom stereocenters. The fourth-order valence-electron chi connectivity index (χ4n) is 3.15. The number of benzene rings is 1. The van der Waals surface area contributed by atoms with Crippen molar-refractivity contribution in [3.63, 3.8) is 0 Å². The lowest BCUT2D eigenvalue weighted by molar-refractivity contribution is 0.0217. The molecule has 1 aromatic heterocycles. The van der Waals surface area contributed by atoms with Crippen LogP contribution in [0.1, 0.15) is 17.3 Å². The first-order valence-corrected chi connectivity index (χ1v) is 8.87. The van der Waals surface area contributed by atoms with Gasteiger partial charge in [-0.15, -0.1) is 0 Å². The zero-order valence-corrected chi connectivity index (χ0v) is 15.6. The molecule has 1 fully saturated rings. The Hall–Kier alpha value is -2.09. The predicted octanol–water partition coefficient (Wildman–Crippen LogP) is 2.85. The fraction of sp³-hybridized carbons (Fsp3) is 0.444. The third kappa shape index (κ3) is 4.00. The summed E-state index contributed by atoms with van der Waals surface area (Å²) in [5.74, 6) is -0.519. The second-order valence-electron chi connectivity index (χ2n) is 6.40. The van der Waals surface area contributed by atoms with Crippen LogP contribution in [0.15, 0.2) is 28.8 Å². The molecule has 7 nitrogen and oxygen atoms in total. The maximum Gasteiger partial charge on any atom is 0.343 e. The molecule has 140 valence electrons. The zero-order valence-electron chi connectivity index (χ0n) is 14.8. The van der Waals surface area contributed by atoms with E-state index in [9.17, 15) is 9.90 Å². The molecule has 0 saturated carbocycles.